The van der Waals surface area contributed by atoms with E-state index in [0.29, 0.717) is 17.0 Å². The van der Waals surface area contributed by atoms with Gasteiger partial charge in [0.05, 0.1) is 24.0 Å². The molecule has 0 saturated carbocycles. The molecule has 1 aliphatic rings. The molecular weight excluding hydrogens is 268 g/mol. The van der Waals surface area contributed by atoms with E-state index >= 15 is 0 Å². The van der Waals surface area contributed by atoms with Crippen LogP contribution in [-0.4, -0.2) is 62.6 Å². The fraction of sp³-hybridized carbons (Fsp3) is 0.533. The van der Waals surface area contributed by atoms with Crippen molar-refractivity contribution in [2.45, 2.75) is 6.92 Å². The first-order valence-electron chi connectivity index (χ1n) is 7.27. The highest BCUT2D eigenvalue weighted by Crippen LogP contribution is 2.30. The van der Waals surface area contributed by atoms with Gasteiger partial charge in [-0.05, 0) is 12.6 Å². The van der Waals surface area contributed by atoms with Crippen LogP contribution in [0.1, 0.15) is 17.3 Å². The van der Waals surface area contributed by atoms with Crippen LogP contribution in [0.25, 0.3) is 0 Å². The molecule has 0 radical (unpaired) electrons. The van der Waals surface area contributed by atoms with Crippen molar-refractivity contribution >= 4 is 17.3 Å². The Kier molecular flexibility index (Phi) is 4.90. The van der Waals surface area contributed by atoms with Crippen molar-refractivity contribution in [1.29, 1.82) is 0 Å². The van der Waals surface area contributed by atoms with E-state index in [4.69, 9.17) is 10.5 Å². The molecule has 1 fully saturated rings. The normalized spacial score (nSPS) is 15.9. The minimum Gasteiger partial charge on any atom is -0.496 e. The highest BCUT2D eigenvalue weighted by Gasteiger charge is 2.24. The molecule has 1 aromatic carbocycles. The van der Waals surface area contributed by atoms with Crippen LogP contribution in [0.5, 0.6) is 5.75 Å². The van der Waals surface area contributed by atoms with E-state index in [-0.39, 0.29) is 5.91 Å². The Hall–Kier alpha value is -1.95. The topological polar surface area (TPSA) is 70.8 Å². The molecule has 1 aliphatic heterocycles. The second-order valence-electron chi connectivity index (χ2n) is 5.12. The van der Waals surface area contributed by atoms with E-state index < -0.39 is 0 Å². The van der Waals surface area contributed by atoms with Crippen LogP contribution in [0.4, 0.5) is 11.4 Å². The lowest BCUT2D eigenvalue weighted by atomic mass is 10.1. The summed E-state index contributed by atoms with van der Waals surface area (Å²) in [6.45, 7) is 6.48. The quantitative estimate of drug-likeness (QED) is 0.813. The number of carbonyl (C=O) groups excluding carboxylic acids is 1. The molecule has 0 unspecified atom stereocenters. The molecule has 0 spiro atoms. The number of anilines is 2. The first-order valence-corrected chi connectivity index (χ1v) is 7.27. The summed E-state index contributed by atoms with van der Waals surface area (Å²) in [7, 11) is 3.34. The summed E-state index contributed by atoms with van der Waals surface area (Å²) in [6, 6.07) is 3.46. The zero-order chi connectivity index (χ0) is 15.4. The van der Waals surface area contributed by atoms with E-state index in [1.54, 1.807) is 26.3 Å². The van der Waals surface area contributed by atoms with E-state index in [0.717, 1.165) is 38.4 Å². The second-order valence-corrected chi connectivity index (χ2v) is 5.12. The predicted octanol–water partition coefficient (Wildman–Crippen LogP) is 1.10. The number of nitrogens with two attached hydrogens (primary N) is 1. The van der Waals surface area contributed by atoms with Crippen LogP contribution in [0, 0.1) is 0 Å². The lowest BCUT2D eigenvalue weighted by Gasteiger charge is -2.34. The van der Waals surface area contributed by atoms with Crippen molar-refractivity contribution in [2.75, 3.05) is 57.9 Å². The van der Waals surface area contributed by atoms with Crippen LogP contribution < -0.4 is 15.8 Å². The molecule has 1 aromatic rings. The van der Waals surface area contributed by atoms with Crippen molar-refractivity contribution in [2.24, 2.45) is 0 Å². The second kappa shape index (κ2) is 6.67. The number of nitrogens with one attached hydrogen (secondary N) is 1. The molecular formula is C15H24N4O2. The summed E-state index contributed by atoms with van der Waals surface area (Å²) in [4.78, 5) is 16.9. The van der Waals surface area contributed by atoms with Gasteiger partial charge < -0.3 is 25.6 Å². The number of carbonyl (C=O) groups is 1. The van der Waals surface area contributed by atoms with Gasteiger partial charge in [-0.25, -0.2) is 0 Å². The number of hydrogen-bond donors (Lipinski definition) is 2. The van der Waals surface area contributed by atoms with E-state index in [9.17, 15) is 4.79 Å². The number of nitrogens with zero attached hydrogens (tertiary/aromatic N) is 2. The van der Waals surface area contributed by atoms with Gasteiger partial charge in [0, 0.05) is 39.3 Å². The Balaban J connectivity index is 2.22. The third-order valence-electron chi connectivity index (χ3n) is 3.98. The highest BCUT2D eigenvalue weighted by atomic mass is 16.5. The van der Waals surface area contributed by atoms with E-state index in [1.807, 2.05) is 4.90 Å². The average molecular weight is 292 g/mol. The molecule has 1 saturated heterocycles. The number of rotatable bonds is 4. The summed E-state index contributed by atoms with van der Waals surface area (Å²) in [6.07, 6.45) is 0. The summed E-state index contributed by atoms with van der Waals surface area (Å²) < 4.78 is 5.31. The van der Waals surface area contributed by atoms with Gasteiger partial charge in [-0.2, -0.15) is 0 Å². The number of ether oxygens (including phenoxy) is 1. The van der Waals surface area contributed by atoms with Gasteiger partial charge in [-0.15, -0.1) is 0 Å². The fourth-order valence-electron chi connectivity index (χ4n) is 2.59. The Morgan fingerprint density at radius 1 is 1.33 bits per heavy atom. The number of piperazine rings is 1. The van der Waals surface area contributed by atoms with Gasteiger partial charge in [0.25, 0.3) is 5.91 Å². The third kappa shape index (κ3) is 3.21. The van der Waals surface area contributed by atoms with Crippen LogP contribution >= 0.6 is 0 Å². The molecule has 0 aromatic heterocycles. The number of methoxy groups -OCH3 is 1. The number of amides is 1. The van der Waals surface area contributed by atoms with Crippen LogP contribution in [0.2, 0.25) is 0 Å². The lowest BCUT2D eigenvalue weighted by molar-refractivity contribution is 0.0640. The van der Waals surface area contributed by atoms with Gasteiger partial charge >= 0.3 is 0 Å². The van der Waals surface area contributed by atoms with Crippen molar-refractivity contribution in [3.8, 4) is 5.75 Å². The minimum absolute atomic E-state index is 0.000830. The monoisotopic (exact) mass is 292 g/mol. The van der Waals surface area contributed by atoms with Crippen molar-refractivity contribution in [1.82, 2.24) is 9.80 Å². The number of likely N-dealkylation sites (N-methyl/N-ethyl adjacent to an activating group) is 1. The van der Waals surface area contributed by atoms with Gasteiger partial charge in [0.15, 0.2) is 0 Å². The molecule has 1 heterocycles. The van der Waals surface area contributed by atoms with E-state index in [1.165, 1.54) is 0 Å². The standard InChI is InChI=1S/C15H24N4O2/c1-4-18-5-7-19(8-6-18)15(20)11-9-13(17-2)12(16)10-14(11)21-3/h9-10,17H,4-8,16H2,1-3H3. The van der Waals surface area contributed by atoms with Crippen molar-refractivity contribution in [3.63, 3.8) is 0 Å². The number of benzene rings is 1. The molecule has 116 valence electrons. The lowest BCUT2D eigenvalue weighted by Crippen LogP contribution is -2.48. The van der Waals surface area contributed by atoms with Crippen molar-refractivity contribution in [3.05, 3.63) is 17.7 Å². The smallest absolute Gasteiger partial charge is 0.257 e. The maximum Gasteiger partial charge on any atom is 0.257 e. The first-order chi connectivity index (χ1) is 10.1. The van der Waals surface area contributed by atoms with Crippen LogP contribution in [0.15, 0.2) is 12.1 Å². The summed E-state index contributed by atoms with van der Waals surface area (Å²) in [5.41, 5.74) is 7.79. The van der Waals surface area contributed by atoms with Gasteiger partial charge in [0.2, 0.25) is 0 Å². The Labute approximate surface area is 125 Å². The molecule has 0 bridgehead atoms. The molecule has 6 nitrogen and oxygen atoms in total. The Morgan fingerprint density at radius 3 is 2.52 bits per heavy atom. The van der Waals surface area contributed by atoms with E-state index in [2.05, 4.69) is 17.1 Å². The maximum atomic E-state index is 12.7. The fourth-order valence-corrected chi connectivity index (χ4v) is 2.59. The number of nitrogen functional groups attached to an aromatic ring is 1. The predicted molar refractivity (Wildman–Crippen MR) is 85.0 cm³/mol. The molecule has 6 heteroatoms. The average Bonchev–Trinajstić information content (AvgIpc) is 2.54. The molecule has 1 amide bonds. The highest BCUT2D eigenvalue weighted by molar-refractivity contribution is 5.99. The van der Waals surface area contributed by atoms with Gasteiger partial charge in [-0.1, -0.05) is 6.92 Å². The molecule has 0 atom stereocenters. The molecule has 2 rings (SSSR count). The van der Waals surface area contributed by atoms with Gasteiger partial charge in [0.1, 0.15) is 5.75 Å². The Morgan fingerprint density at radius 2 is 2.00 bits per heavy atom. The zero-order valence-corrected chi connectivity index (χ0v) is 13.0. The molecule has 0 aliphatic carbocycles. The van der Waals surface area contributed by atoms with Crippen molar-refractivity contribution < 1.29 is 9.53 Å². The minimum atomic E-state index is -0.000830. The third-order valence-corrected chi connectivity index (χ3v) is 3.98. The van der Waals surface area contributed by atoms with Crippen LogP contribution in [0.3, 0.4) is 0 Å². The largest absolute Gasteiger partial charge is 0.496 e. The Bertz CT molecular complexity index is 511. The maximum absolute atomic E-state index is 12.7. The summed E-state index contributed by atoms with van der Waals surface area (Å²) in [5, 5.41) is 3.00. The van der Waals surface area contributed by atoms with Crippen LogP contribution in [-0.2, 0) is 0 Å². The zero-order valence-electron chi connectivity index (χ0n) is 13.0. The van der Waals surface area contributed by atoms with Gasteiger partial charge in [-0.3, -0.25) is 4.79 Å². The SMILES string of the molecule is CCN1CCN(C(=O)c2cc(NC)c(N)cc2OC)CC1. The molecule has 21 heavy (non-hydrogen) atoms. The molecule has 3 N–H and O–H groups in total. The first kappa shape index (κ1) is 15.4. The number of hydrogen-bond acceptors (Lipinski definition) is 5. The summed E-state index contributed by atoms with van der Waals surface area (Å²) in [5.74, 6) is 0.522. The summed E-state index contributed by atoms with van der Waals surface area (Å²) >= 11 is 0.